The minimum absolute atomic E-state index is 0.155. The van der Waals surface area contributed by atoms with Crippen LogP contribution in [0.15, 0.2) is 23.2 Å². The van der Waals surface area contributed by atoms with E-state index in [4.69, 9.17) is 19.9 Å². The topological polar surface area (TPSA) is 78.1 Å². The van der Waals surface area contributed by atoms with E-state index in [1.807, 2.05) is 18.2 Å². The number of hydrogen-bond donors (Lipinski definition) is 2. The zero-order chi connectivity index (χ0) is 18.1. The zero-order valence-electron chi connectivity index (χ0n) is 15.6. The second-order valence-corrected chi connectivity index (χ2v) is 6.49. The van der Waals surface area contributed by atoms with Gasteiger partial charge in [-0.05, 0) is 31.4 Å². The number of rotatable bonds is 8. The summed E-state index contributed by atoms with van der Waals surface area (Å²) in [5, 5.41) is 3.12. The molecule has 1 aliphatic rings. The van der Waals surface area contributed by atoms with E-state index in [9.17, 15) is 0 Å². The van der Waals surface area contributed by atoms with Gasteiger partial charge in [-0.25, -0.2) is 0 Å². The van der Waals surface area contributed by atoms with E-state index in [0.717, 1.165) is 31.6 Å². The van der Waals surface area contributed by atoms with Gasteiger partial charge < -0.3 is 25.3 Å². The molecule has 1 aromatic carbocycles. The summed E-state index contributed by atoms with van der Waals surface area (Å²) in [6.07, 6.45) is 6.80. The molecule has 0 amide bonds. The predicted molar refractivity (Wildman–Crippen MR) is 102 cm³/mol. The van der Waals surface area contributed by atoms with E-state index in [-0.39, 0.29) is 5.60 Å². The first kappa shape index (κ1) is 19.4. The van der Waals surface area contributed by atoms with Crippen molar-refractivity contribution in [1.29, 1.82) is 0 Å². The number of hydrogen-bond acceptors (Lipinski definition) is 4. The molecule has 0 heterocycles. The molecule has 0 saturated heterocycles. The molecule has 0 aliphatic heterocycles. The molecule has 1 saturated carbocycles. The molecule has 6 heteroatoms. The monoisotopic (exact) mass is 349 g/mol. The largest absolute Gasteiger partial charge is 0.493 e. The van der Waals surface area contributed by atoms with Crippen molar-refractivity contribution in [3.63, 3.8) is 0 Å². The van der Waals surface area contributed by atoms with Crippen molar-refractivity contribution in [3.05, 3.63) is 18.2 Å². The van der Waals surface area contributed by atoms with Crippen LogP contribution < -0.4 is 20.5 Å². The van der Waals surface area contributed by atoms with Gasteiger partial charge in [0.05, 0.1) is 26.4 Å². The number of aliphatic imine (C=N–C) groups is 1. The molecule has 1 aliphatic carbocycles. The molecule has 0 bridgehead atoms. The second-order valence-electron chi connectivity index (χ2n) is 6.49. The molecule has 0 aromatic heterocycles. The fraction of sp³-hybridized carbons (Fsp3) is 0.632. The predicted octanol–water partition coefficient (Wildman–Crippen LogP) is 3.56. The van der Waals surface area contributed by atoms with Crippen LogP contribution in [0.3, 0.4) is 0 Å². The van der Waals surface area contributed by atoms with Crippen molar-refractivity contribution in [1.82, 2.24) is 0 Å². The van der Waals surface area contributed by atoms with E-state index in [2.05, 4.69) is 17.2 Å². The Morgan fingerprint density at radius 2 is 1.88 bits per heavy atom. The van der Waals surface area contributed by atoms with Gasteiger partial charge in [-0.3, -0.25) is 4.99 Å². The molecular formula is C19H31N3O3. The van der Waals surface area contributed by atoms with Gasteiger partial charge in [0.1, 0.15) is 0 Å². The third-order valence-electron chi connectivity index (χ3n) is 4.57. The van der Waals surface area contributed by atoms with Crippen LogP contribution in [0.1, 0.15) is 45.4 Å². The van der Waals surface area contributed by atoms with Gasteiger partial charge in [0, 0.05) is 18.4 Å². The Hall–Kier alpha value is -1.95. The quantitative estimate of drug-likeness (QED) is 0.554. The Morgan fingerprint density at radius 1 is 1.16 bits per heavy atom. The van der Waals surface area contributed by atoms with Gasteiger partial charge >= 0.3 is 0 Å². The Kier molecular flexibility index (Phi) is 7.37. The first-order valence-corrected chi connectivity index (χ1v) is 9.05. The standard InChI is InChI=1S/C19H31N3O3/c1-4-12-25-19(10-6-5-7-11-19)14-21-18(20)22-15-8-9-16(23-2)17(13-15)24-3/h8-9,13H,4-7,10-12,14H2,1-3H3,(H3,20,21,22). The highest BCUT2D eigenvalue weighted by Crippen LogP contribution is 2.32. The summed E-state index contributed by atoms with van der Waals surface area (Å²) in [6, 6.07) is 5.56. The third-order valence-corrected chi connectivity index (χ3v) is 4.57. The number of anilines is 1. The highest BCUT2D eigenvalue weighted by molar-refractivity contribution is 5.92. The van der Waals surface area contributed by atoms with Crippen molar-refractivity contribution in [2.75, 3.05) is 32.7 Å². The third kappa shape index (κ3) is 5.53. The molecule has 0 unspecified atom stereocenters. The van der Waals surface area contributed by atoms with Gasteiger partial charge in [0.15, 0.2) is 17.5 Å². The maximum absolute atomic E-state index is 6.16. The van der Waals surface area contributed by atoms with Gasteiger partial charge in [-0.15, -0.1) is 0 Å². The number of nitrogens with one attached hydrogen (secondary N) is 1. The van der Waals surface area contributed by atoms with Gasteiger partial charge in [0.2, 0.25) is 0 Å². The number of nitrogens with zero attached hydrogens (tertiary/aromatic N) is 1. The van der Waals surface area contributed by atoms with Crippen molar-refractivity contribution >= 4 is 11.6 Å². The minimum Gasteiger partial charge on any atom is -0.493 e. The highest BCUT2D eigenvalue weighted by atomic mass is 16.5. The molecule has 0 spiro atoms. The maximum Gasteiger partial charge on any atom is 0.193 e. The number of nitrogens with two attached hydrogens (primary N) is 1. The molecule has 0 radical (unpaired) electrons. The van der Waals surface area contributed by atoms with Gasteiger partial charge in [-0.2, -0.15) is 0 Å². The van der Waals surface area contributed by atoms with E-state index < -0.39 is 0 Å². The Labute approximate surface area is 150 Å². The average molecular weight is 349 g/mol. The van der Waals surface area contributed by atoms with Crippen molar-refractivity contribution < 1.29 is 14.2 Å². The van der Waals surface area contributed by atoms with Crippen LogP contribution in [-0.2, 0) is 4.74 Å². The maximum atomic E-state index is 6.16. The van der Waals surface area contributed by atoms with E-state index in [1.165, 1.54) is 19.3 Å². The highest BCUT2D eigenvalue weighted by Gasteiger charge is 2.32. The normalized spacial score (nSPS) is 17.2. The van der Waals surface area contributed by atoms with Crippen molar-refractivity contribution in [2.24, 2.45) is 10.7 Å². The van der Waals surface area contributed by atoms with Crippen LogP contribution in [0.4, 0.5) is 5.69 Å². The van der Waals surface area contributed by atoms with Crippen LogP contribution in [0.2, 0.25) is 0 Å². The summed E-state index contributed by atoms with van der Waals surface area (Å²) < 4.78 is 16.7. The Balaban J connectivity index is 2.02. The number of guanidine groups is 1. The lowest BCUT2D eigenvalue weighted by atomic mass is 9.84. The number of ether oxygens (including phenoxy) is 3. The molecule has 2 rings (SSSR count). The van der Waals surface area contributed by atoms with Gasteiger partial charge in [0.25, 0.3) is 0 Å². The first-order valence-electron chi connectivity index (χ1n) is 9.05. The summed E-state index contributed by atoms with van der Waals surface area (Å²) in [4.78, 5) is 4.55. The zero-order valence-corrected chi connectivity index (χ0v) is 15.6. The Bertz CT molecular complexity index is 569. The second kappa shape index (κ2) is 9.51. The summed E-state index contributed by atoms with van der Waals surface area (Å²) in [6.45, 7) is 3.50. The van der Waals surface area contributed by atoms with Crippen LogP contribution in [0, 0.1) is 0 Å². The van der Waals surface area contributed by atoms with Crippen LogP contribution in [0.5, 0.6) is 11.5 Å². The molecule has 1 aromatic rings. The van der Waals surface area contributed by atoms with E-state index in [0.29, 0.717) is 24.0 Å². The average Bonchev–Trinajstić information content (AvgIpc) is 2.65. The van der Waals surface area contributed by atoms with Gasteiger partial charge in [-0.1, -0.05) is 26.2 Å². The molecule has 6 nitrogen and oxygen atoms in total. The first-order chi connectivity index (χ1) is 12.1. The molecule has 0 atom stereocenters. The lowest BCUT2D eigenvalue weighted by molar-refractivity contribution is -0.0624. The fourth-order valence-corrected chi connectivity index (χ4v) is 3.19. The molecule has 140 valence electrons. The molecule has 3 N–H and O–H groups in total. The number of methoxy groups -OCH3 is 2. The molecule has 25 heavy (non-hydrogen) atoms. The van der Waals surface area contributed by atoms with Crippen LogP contribution >= 0.6 is 0 Å². The van der Waals surface area contributed by atoms with E-state index >= 15 is 0 Å². The fourth-order valence-electron chi connectivity index (χ4n) is 3.19. The summed E-state index contributed by atoms with van der Waals surface area (Å²) >= 11 is 0. The van der Waals surface area contributed by atoms with Crippen LogP contribution in [0.25, 0.3) is 0 Å². The van der Waals surface area contributed by atoms with Crippen molar-refractivity contribution in [2.45, 2.75) is 51.0 Å². The smallest absolute Gasteiger partial charge is 0.193 e. The summed E-state index contributed by atoms with van der Waals surface area (Å²) in [5.41, 5.74) is 6.74. The van der Waals surface area contributed by atoms with Crippen LogP contribution in [-0.4, -0.2) is 38.9 Å². The minimum atomic E-state index is -0.155. The Morgan fingerprint density at radius 3 is 2.52 bits per heavy atom. The lowest BCUT2D eigenvalue weighted by Crippen LogP contribution is -2.39. The lowest BCUT2D eigenvalue weighted by Gasteiger charge is -2.36. The SMILES string of the molecule is CCCOC1(CN=C(N)Nc2ccc(OC)c(OC)c2)CCCCC1. The summed E-state index contributed by atoms with van der Waals surface area (Å²) in [7, 11) is 3.22. The number of benzene rings is 1. The van der Waals surface area contributed by atoms with Crippen molar-refractivity contribution in [3.8, 4) is 11.5 Å². The van der Waals surface area contributed by atoms with E-state index in [1.54, 1.807) is 14.2 Å². The summed E-state index contributed by atoms with van der Waals surface area (Å²) in [5.74, 6) is 1.71. The molecular weight excluding hydrogens is 318 g/mol. The molecule has 1 fully saturated rings.